The van der Waals surface area contributed by atoms with Crippen LogP contribution in [0.5, 0.6) is 23.0 Å². The third kappa shape index (κ3) is 3.22. The quantitative estimate of drug-likeness (QED) is 0.549. The van der Waals surface area contributed by atoms with Crippen LogP contribution in [0.1, 0.15) is 15.9 Å². The second kappa shape index (κ2) is 6.87. The molecule has 7 nitrogen and oxygen atoms in total. The standard InChI is InChI=1S/C20H16N2O5/c1-25-17-6-12(7-18-19(17)27-11-26-18)10-21-22-20(24)15-8-13-4-2-3-5-14(13)9-16(15)23/h2-10,23H,11H2,1H3,(H,22,24)/b21-10-. The number of hydrogen-bond acceptors (Lipinski definition) is 6. The van der Waals surface area contributed by atoms with Crippen molar-refractivity contribution in [2.75, 3.05) is 13.9 Å². The Morgan fingerprint density at radius 2 is 1.96 bits per heavy atom. The average molecular weight is 364 g/mol. The van der Waals surface area contributed by atoms with E-state index in [1.165, 1.54) is 13.3 Å². The molecule has 2 N–H and O–H groups in total. The summed E-state index contributed by atoms with van der Waals surface area (Å²) in [6.07, 6.45) is 1.46. The highest BCUT2D eigenvalue weighted by Crippen LogP contribution is 2.41. The summed E-state index contributed by atoms with van der Waals surface area (Å²) < 4.78 is 15.9. The molecule has 0 radical (unpaired) electrons. The molecule has 7 heteroatoms. The van der Waals surface area contributed by atoms with E-state index in [0.29, 0.717) is 22.8 Å². The Morgan fingerprint density at radius 3 is 2.74 bits per heavy atom. The first-order valence-corrected chi connectivity index (χ1v) is 8.18. The largest absolute Gasteiger partial charge is 0.507 e. The molecular weight excluding hydrogens is 348 g/mol. The highest BCUT2D eigenvalue weighted by molar-refractivity contribution is 6.01. The van der Waals surface area contributed by atoms with E-state index in [2.05, 4.69) is 10.5 Å². The summed E-state index contributed by atoms with van der Waals surface area (Å²) in [6.45, 7) is 0.129. The number of carbonyl (C=O) groups excluding carboxylic acids is 1. The molecule has 136 valence electrons. The number of phenols is 1. The highest BCUT2D eigenvalue weighted by atomic mass is 16.7. The smallest absolute Gasteiger partial charge is 0.275 e. The summed E-state index contributed by atoms with van der Waals surface area (Å²) in [4.78, 5) is 12.4. The fourth-order valence-electron chi connectivity index (χ4n) is 2.86. The van der Waals surface area contributed by atoms with Crippen molar-refractivity contribution in [3.8, 4) is 23.0 Å². The van der Waals surface area contributed by atoms with Gasteiger partial charge < -0.3 is 19.3 Å². The number of aromatic hydroxyl groups is 1. The molecule has 0 atom stereocenters. The van der Waals surface area contributed by atoms with E-state index in [9.17, 15) is 9.90 Å². The van der Waals surface area contributed by atoms with Crippen LogP contribution in [0.15, 0.2) is 53.6 Å². The van der Waals surface area contributed by atoms with Crippen molar-refractivity contribution in [1.82, 2.24) is 5.43 Å². The number of hydrogen-bond donors (Lipinski definition) is 2. The molecule has 1 amide bonds. The van der Waals surface area contributed by atoms with Gasteiger partial charge in [0.2, 0.25) is 12.5 Å². The molecule has 0 aromatic heterocycles. The first kappa shape index (κ1) is 16.7. The maximum Gasteiger partial charge on any atom is 0.275 e. The van der Waals surface area contributed by atoms with Crippen LogP contribution >= 0.6 is 0 Å². The Morgan fingerprint density at radius 1 is 1.19 bits per heavy atom. The number of carbonyl (C=O) groups is 1. The maximum absolute atomic E-state index is 12.4. The van der Waals surface area contributed by atoms with Crippen LogP contribution in [-0.4, -0.2) is 31.1 Å². The van der Waals surface area contributed by atoms with Crippen molar-refractivity contribution in [3.05, 3.63) is 59.7 Å². The van der Waals surface area contributed by atoms with E-state index >= 15 is 0 Å². The molecular formula is C20H16N2O5. The molecule has 0 saturated heterocycles. The molecule has 1 heterocycles. The van der Waals surface area contributed by atoms with E-state index in [-0.39, 0.29) is 18.1 Å². The Labute approximate surface area is 154 Å². The van der Waals surface area contributed by atoms with Gasteiger partial charge in [-0.1, -0.05) is 24.3 Å². The lowest BCUT2D eigenvalue weighted by Crippen LogP contribution is -2.17. The van der Waals surface area contributed by atoms with Crippen molar-refractivity contribution < 1.29 is 24.1 Å². The number of benzene rings is 3. The average Bonchev–Trinajstić information content (AvgIpc) is 3.15. The zero-order valence-electron chi connectivity index (χ0n) is 14.4. The van der Waals surface area contributed by atoms with Crippen LogP contribution in [0.2, 0.25) is 0 Å². The molecule has 1 aliphatic rings. The Kier molecular flexibility index (Phi) is 4.25. The molecule has 0 aliphatic carbocycles. The van der Waals surface area contributed by atoms with Crippen LogP contribution < -0.4 is 19.6 Å². The second-order valence-electron chi connectivity index (χ2n) is 5.87. The predicted molar refractivity (Wildman–Crippen MR) is 99.8 cm³/mol. The van der Waals surface area contributed by atoms with Gasteiger partial charge in [-0.25, -0.2) is 5.43 Å². The second-order valence-corrected chi connectivity index (χ2v) is 5.87. The molecule has 0 unspecified atom stereocenters. The number of nitrogens with one attached hydrogen (secondary N) is 1. The molecule has 4 rings (SSSR count). The van der Waals surface area contributed by atoms with Gasteiger partial charge >= 0.3 is 0 Å². The van der Waals surface area contributed by atoms with Crippen LogP contribution in [0.4, 0.5) is 0 Å². The van der Waals surface area contributed by atoms with Crippen molar-refractivity contribution in [3.63, 3.8) is 0 Å². The lowest BCUT2D eigenvalue weighted by atomic mass is 10.1. The summed E-state index contributed by atoms with van der Waals surface area (Å²) in [5.41, 5.74) is 3.23. The molecule has 0 saturated carbocycles. The third-order valence-electron chi connectivity index (χ3n) is 4.17. The number of hydrazone groups is 1. The van der Waals surface area contributed by atoms with E-state index < -0.39 is 5.91 Å². The number of amides is 1. The van der Waals surface area contributed by atoms with Gasteiger partial charge in [0, 0.05) is 5.56 Å². The number of phenolic OH excluding ortho intramolecular Hbond substituents is 1. The van der Waals surface area contributed by atoms with Gasteiger partial charge in [-0.3, -0.25) is 4.79 Å². The number of methoxy groups -OCH3 is 1. The van der Waals surface area contributed by atoms with Gasteiger partial charge in [0.1, 0.15) is 5.75 Å². The van der Waals surface area contributed by atoms with Crippen molar-refractivity contribution in [2.24, 2.45) is 5.10 Å². The van der Waals surface area contributed by atoms with E-state index in [1.54, 1.807) is 24.3 Å². The lowest BCUT2D eigenvalue weighted by molar-refractivity contribution is 0.0952. The molecule has 0 fully saturated rings. The van der Waals surface area contributed by atoms with Gasteiger partial charge in [0.15, 0.2) is 11.5 Å². The topological polar surface area (TPSA) is 89.4 Å². The third-order valence-corrected chi connectivity index (χ3v) is 4.17. The summed E-state index contributed by atoms with van der Waals surface area (Å²) >= 11 is 0. The zero-order valence-corrected chi connectivity index (χ0v) is 14.4. The predicted octanol–water partition coefficient (Wildman–Crippen LogP) is 3.05. The normalized spacial score (nSPS) is 12.5. The van der Waals surface area contributed by atoms with Gasteiger partial charge in [-0.05, 0) is 35.0 Å². The zero-order chi connectivity index (χ0) is 18.8. The van der Waals surface area contributed by atoms with Crippen LogP contribution in [-0.2, 0) is 0 Å². The molecule has 1 aliphatic heterocycles. The molecule has 3 aromatic carbocycles. The van der Waals surface area contributed by atoms with Crippen molar-refractivity contribution >= 4 is 22.9 Å². The van der Waals surface area contributed by atoms with E-state index in [0.717, 1.165) is 10.8 Å². The number of rotatable bonds is 4. The van der Waals surface area contributed by atoms with E-state index in [4.69, 9.17) is 14.2 Å². The summed E-state index contributed by atoms with van der Waals surface area (Å²) in [5, 5.41) is 15.8. The molecule has 0 spiro atoms. The minimum absolute atomic E-state index is 0.105. The van der Waals surface area contributed by atoms with Gasteiger partial charge in [0.05, 0.1) is 18.9 Å². The minimum atomic E-state index is -0.512. The Hall–Kier alpha value is -3.74. The fourth-order valence-corrected chi connectivity index (χ4v) is 2.86. The van der Waals surface area contributed by atoms with Crippen LogP contribution in [0.3, 0.4) is 0 Å². The van der Waals surface area contributed by atoms with Gasteiger partial charge in [0.25, 0.3) is 5.91 Å². The Balaban J connectivity index is 1.54. The first-order valence-electron chi connectivity index (χ1n) is 8.18. The minimum Gasteiger partial charge on any atom is -0.507 e. The first-order chi connectivity index (χ1) is 13.2. The number of fused-ring (bicyclic) bond motifs is 2. The van der Waals surface area contributed by atoms with Crippen LogP contribution in [0.25, 0.3) is 10.8 Å². The van der Waals surface area contributed by atoms with Gasteiger partial charge in [-0.2, -0.15) is 5.10 Å². The van der Waals surface area contributed by atoms with Crippen molar-refractivity contribution in [2.45, 2.75) is 0 Å². The molecule has 3 aromatic rings. The summed E-state index contributed by atoms with van der Waals surface area (Å²) in [7, 11) is 1.53. The van der Waals surface area contributed by atoms with Crippen molar-refractivity contribution in [1.29, 1.82) is 0 Å². The van der Waals surface area contributed by atoms with E-state index in [1.807, 2.05) is 24.3 Å². The molecule has 0 bridgehead atoms. The summed E-state index contributed by atoms with van der Waals surface area (Å²) in [6, 6.07) is 14.1. The lowest BCUT2D eigenvalue weighted by Gasteiger charge is -2.06. The Bertz CT molecular complexity index is 1060. The fraction of sp³-hybridized carbons (Fsp3) is 0.100. The number of nitrogens with zero attached hydrogens (tertiary/aromatic N) is 1. The maximum atomic E-state index is 12.4. The molecule has 27 heavy (non-hydrogen) atoms. The van der Waals surface area contributed by atoms with Crippen LogP contribution in [0, 0.1) is 0 Å². The highest BCUT2D eigenvalue weighted by Gasteiger charge is 2.19. The van der Waals surface area contributed by atoms with Gasteiger partial charge in [-0.15, -0.1) is 0 Å². The number of ether oxygens (including phenoxy) is 3. The summed E-state index contributed by atoms with van der Waals surface area (Å²) in [5.74, 6) is 0.993. The SMILES string of the molecule is COc1cc(/C=N\NC(=O)c2cc3ccccc3cc2O)cc2c1OCO2. The monoisotopic (exact) mass is 364 g/mol.